The molecule has 1 aromatic heterocycles. The van der Waals surface area contributed by atoms with Crippen LogP contribution in [0.1, 0.15) is 32.8 Å². The Bertz CT molecular complexity index is 1020. The normalized spacial score (nSPS) is 10.9. The van der Waals surface area contributed by atoms with Gasteiger partial charge in [0.1, 0.15) is 5.58 Å². The molecule has 5 heteroatoms. The second-order valence-electron chi connectivity index (χ2n) is 7.04. The fraction of sp³-hybridized carbons (Fsp3) is 0.273. The van der Waals surface area contributed by atoms with Crippen molar-refractivity contribution in [1.82, 2.24) is 4.90 Å². The molecule has 0 saturated carbocycles. The van der Waals surface area contributed by atoms with Crippen LogP contribution in [-0.4, -0.2) is 30.3 Å². The molecule has 0 fully saturated rings. The van der Waals surface area contributed by atoms with E-state index in [2.05, 4.69) is 5.32 Å². The highest BCUT2D eigenvalue weighted by Crippen LogP contribution is 2.31. The predicted molar refractivity (Wildman–Crippen MR) is 107 cm³/mol. The molecule has 0 radical (unpaired) electrons. The van der Waals surface area contributed by atoms with Crippen molar-refractivity contribution in [3.05, 3.63) is 64.4 Å². The van der Waals surface area contributed by atoms with Crippen molar-refractivity contribution >= 4 is 28.5 Å². The maximum Gasteiger partial charge on any atom is 0.290 e. The van der Waals surface area contributed by atoms with Crippen LogP contribution in [0, 0.1) is 27.7 Å². The lowest BCUT2D eigenvalue weighted by molar-refractivity contribution is -0.116. The Morgan fingerprint density at radius 1 is 0.963 bits per heavy atom. The summed E-state index contributed by atoms with van der Waals surface area (Å²) in [7, 11) is 1.60. The molecule has 0 unspecified atom stereocenters. The van der Waals surface area contributed by atoms with Gasteiger partial charge in [0.15, 0.2) is 5.76 Å². The van der Waals surface area contributed by atoms with E-state index in [-0.39, 0.29) is 24.1 Å². The quantitative estimate of drug-likeness (QED) is 0.747. The van der Waals surface area contributed by atoms with Gasteiger partial charge in [0.2, 0.25) is 5.91 Å². The molecule has 1 heterocycles. The van der Waals surface area contributed by atoms with E-state index in [1.165, 1.54) is 4.90 Å². The standard InChI is InChI=1S/C22H24N2O3/c1-13-6-10-17(11-7-13)23-18(25)12-24(5)22(26)21-16(4)19-14(2)8-9-15(3)20(19)27-21/h6-11H,12H2,1-5H3,(H,23,25). The van der Waals surface area contributed by atoms with Gasteiger partial charge in [-0.05, 0) is 51.0 Å². The van der Waals surface area contributed by atoms with Crippen molar-refractivity contribution in [2.45, 2.75) is 27.7 Å². The van der Waals surface area contributed by atoms with Gasteiger partial charge < -0.3 is 14.6 Å². The SMILES string of the molecule is Cc1ccc(NC(=O)CN(C)C(=O)c2oc3c(C)ccc(C)c3c2C)cc1. The lowest BCUT2D eigenvalue weighted by atomic mass is 10.0. The summed E-state index contributed by atoms with van der Waals surface area (Å²) in [6.07, 6.45) is 0. The maximum absolute atomic E-state index is 12.8. The van der Waals surface area contributed by atoms with Gasteiger partial charge in [-0.3, -0.25) is 9.59 Å². The van der Waals surface area contributed by atoms with Crippen molar-refractivity contribution in [2.24, 2.45) is 0 Å². The Balaban J connectivity index is 1.77. The van der Waals surface area contributed by atoms with Crippen molar-refractivity contribution in [2.75, 3.05) is 18.9 Å². The molecule has 2 aromatic carbocycles. The second kappa shape index (κ2) is 7.27. The molecule has 3 rings (SSSR count). The number of carbonyl (C=O) groups excluding carboxylic acids is 2. The minimum atomic E-state index is -0.304. The molecular weight excluding hydrogens is 340 g/mol. The molecule has 3 aromatic rings. The van der Waals surface area contributed by atoms with Gasteiger partial charge in [0.25, 0.3) is 5.91 Å². The van der Waals surface area contributed by atoms with Crippen molar-refractivity contribution in [1.29, 1.82) is 0 Å². The van der Waals surface area contributed by atoms with Crippen LogP contribution in [0.5, 0.6) is 0 Å². The van der Waals surface area contributed by atoms with E-state index in [1.807, 2.05) is 64.1 Å². The molecular formula is C22H24N2O3. The fourth-order valence-corrected chi connectivity index (χ4v) is 3.18. The van der Waals surface area contributed by atoms with Gasteiger partial charge in [-0.15, -0.1) is 0 Å². The number of fused-ring (bicyclic) bond motifs is 1. The third-order valence-electron chi connectivity index (χ3n) is 4.74. The summed E-state index contributed by atoms with van der Waals surface area (Å²) in [4.78, 5) is 26.5. The van der Waals surface area contributed by atoms with Gasteiger partial charge in [-0.1, -0.05) is 29.8 Å². The zero-order chi connectivity index (χ0) is 19.7. The number of likely N-dealkylation sites (N-methyl/N-ethyl adjacent to an activating group) is 1. The molecule has 0 aliphatic heterocycles. The highest BCUT2D eigenvalue weighted by Gasteiger charge is 2.24. The van der Waals surface area contributed by atoms with Gasteiger partial charge in [0, 0.05) is 23.7 Å². The van der Waals surface area contributed by atoms with Crippen LogP contribution in [0.4, 0.5) is 5.69 Å². The molecule has 2 amide bonds. The number of nitrogens with one attached hydrogen (secondary N) is 1. The van der Waals surface area contributed by atoms with Crippen LogP contribution >= 0.6 is 0 Å². The van der Waals surface area contributed by atoms with Crippen LogP contribution in [0.3, 0.4) is 0 Å². The Morgan fingerprint density at radius 3 is 2.22 bits per heavy atom. The molecule has 0 aliphatic rings. The summed E-state index contributed by atoms with van der Waals surface area (Å²) in [5.41, 5.74) is 5.41. The molecule has 0 bridgehead atoms. The minimum Gasteiger partial charge on any atom is -0.450 e. The van der Waals surface area contributed by atoms with Gasteiger partial charge in [-0.2, -0.15) is 0 Å². The Morgan fingerprint density at radius 2 is 1.59 bits per heavy atom. The average molecular weight is 364 g/mol. The van der Waals surface area contributed by atoms with Crippen molar-refractivity contribution in [3.8, 4) is 0 Å². The molecule has 27 heavy (non-hydrogen) atoms. The summed E-state index contributed by atoms with van der Waals surface area (Å²) in [5.74, 6) is -0.273. The molecule has 1 N–H and O–H groups in total. The molecule has 140 valence electrons. The lowest BCUT2D eigenvalue weighted by Crippen LogP contribution is -2.35. The number of carbonyl (C=O) groups is 2. The molecule has 0 spiro atoms. The fourth-order valence-electron chi connectivity index (χ4n) is 3.18. The third kappa shape index (κ3) is 3.72. The number of aryl methyl sites for hydroxylation is 4. The number of benzene rings is 2. The smallest absolute Gasteiger partial charge is 0.290 e. The van der Waals surface area contributed by atoms with E-state index in [4.69, 9.17) is 4.42 Å². The summed E-state index contributed by atoms with van der Waals surface area (Å²) in [5, 5.41) is 3.77. The van der Waals surface area contributed by atoms with Crippen LogP contribution in [0.2, 0.25) is 0 Å². The molecule has 5 nitrogen and oxygen atoms in total. The number of hydrogen-bond donors (Lipinski definition) is 1. The maximum atomic E-state index is 12.8. The summed E-state index contributed by atoms with van der Waals surface area (Å²) < 4.78 is 5.88. The Labute approximate surface area is 159 Å². The first-order valence-electron chi connectivity index (χ1n) is 8.89. The van der Waals surface area contributed by atoms with E-state index < -0.39 is 0 Å². The lowest BCUT2D eigenvalue weighted by Gasteiger charge is -2.16. The predicted octanol–water partition coefficient (Wildman–Crippen LogP) is 4.38. The molecule has 0 atom stereocenters. The monoisotopic (exact) mass is 364 g/mol. The highest BCUT2D eigenvalue weighted by molar-refractivity contribution is 6.02. The van der Waals surface area contributed by atoms with E-state index in [1.54, 1.807) is 7.05 Å². The zero-order valence-electron chi connectivity index (χ0n) is 16.3. The van der Waals surface area contributed by atoms with Crippen LogP contribution < -0.4 is 5.32 Å². The van der Waals surface area contributed by atoms with E-state index in [0.717, 1.165) is 33.2 Å². The number of furan rings is 1. The number of nitrogens with zero attached hydrogens (tertiary/aromatic N) is 1. The number of amides is 2. The number of anilines is 1. The minimum absolute atomic E-state index is 0.0544. The number of rotatable bonds is 4. The topological polar surface area (TPSA) is 62.6 Å². The van der Waals surface area contributed by atoms with E-state index >= 15 is 0 Å². The number of hydrogen-bond acceptors (Lipinski definition) is 3. The van der Waals surface area contributed by atoms with Crippen molar-refractivity contribution in [3.63, 3.8) is 0 Å². The third-order valence-corrected chi connectivity index (χ3v) is 4.74. The summed E-state index contributed by atoms with van der Waals surface area (Å²) >= 11 is 0. The Kier molecular flexibility index (Phi) is 5.04. The first-order valence-corrected chi connectivity index (χ1v) is 8.89. The Hall–Kier alpha value is -3.08. The van der Waals surface area contributed by atoms with Gasteiger partial charge in [-0.25, -0.2) is 0 Å². The summed E-state index contributed by atoms with van der Waals surface area (Å²) in [6, 6.07) is 11.5. The molecule has 0 saturated heterocycles. The van der Waals surface area contributed by atoms with Crippen LogP contribution in [0.25, 0.3) is 11.0 Å². The van der Waals surface area contributed by atoms with Crippen LogP contribution in [0.15, 0.2) is 40.8 Å². The molecule has 0 aliphatic carbocycles. The summed E-state index contributed by atoms with van der Waals surface area (Å²) in [6.45, 7) is 7.76. The largest absolute Gasteiger partial charge is 0.450 e. The first kappa shape index (κ1) is 18.7. The van der Waals surface area contributed by atoms with Crippen LogP contribution in [-0.2, 0) is 4.79 Å². The first-order chi connectivity index (χ1) is 12.8. The highest BCUT2D eigenvalue weighted by atomic mass is 16.3. The van der Waals surface area contributed by atoms with Crippen molar-refractivity contribution < 1.29 is 14.0 Å². The van der Waals surface area contributed by atoms with E-state index in [9.17, 15) is 9.59 Å². The van der Waals surface area contributed by atoms with Gasteiger partial charge in [0.05, 0.1) is 6.54 Å². The second-order valence-corrected chi connectivity index (χ2v) is 7.04. The zero-order valence-corrected chi connectivity index (χ0v) is 16.3. The van der Waals surface area contributed by atoms with E-state index in [0.29, 0.717) is 5.69 Å². The average Bonchev–Trinajstić information content (AvgIpc) is 2.98. The van der Waals surface area contributed by atoms with Gasteiger partial charge >= 0.3 is 0 Å².